The van der Waals surface area contributed by atoms with Crippen molar-refractivity contribution in [1.29, 1.82) is 0 Å². The minimum atomic E-state index is -2.84. The fraction of sp³-hybridized carbons (Fsp3) is 0.267. The summed E-state index contributed by atoms with van der Waals surface area (Å²) in [5.74, 6) is -0.0723. The maximum absolute atomic E-state index is 12.1. The molecule has 0 saturated carbocycles. The number of carbonyl (C=O) groups is 1. The van der Waals surface area contributed by atoms with Gasteiger partial charge in [0.1, 0.15) is 5.75 Å². The van der Waals surface area contributed by atoms with Gasteiger partial charge in [0.25, 0.3) is 5.91 Å². The number of benzene rings is 1. The zero-order chi connectivity index (χ0) is 16.1. The van der Waals surface area contributed by atoms with Crippen LogP contribution in [-0.2, 0) is 0 Å². The normalized spacial score (nSPS) is 11.7. The van der Waals surface area contributed by atoms with Crippen LogP contribution in [-0.4, -0.2) is 25.1 Å². The maximum Gasteiger partial charge on any atom is 0.387 e. The summed E-state index contributed by atoms with van der Waals surface area (Å²) >= 11 is 1.32. The summed E-state index contributed by atoms with van der Waals surface area (Å²) in [5.41, 5.74) is 6.30. The van der Waals surface area contributed by atoms with Crippen LogP contribution in [0.4, 0.5) is 8.78 Å². The Morgan fingerprint density at radius 3 is 2.48 bits per heavy atom. The zero-order valence-electron chi connectivity index (χ0n) is 12.3. The average molecular weight is 363 g/mol. The molecule has 4 nitrogen and oxygen atoms in total. The van der Waals surface area contributed by atoms with E-state index in [0.29, 0.717) is 11.4 Å². The number of carbonyl (C=O) groups excluding carboxylic acids is 1. The summed E-state index contributed by atoms with van der Waals surface area (Å²) in [7, 11) is 0. The predicted molar refractivity (Wildman–Crippen MR) is 89.6 cm³/mol. The third-order valence-corrected chi connectivity index (χ3v) is 4.06. The van der Waals surface area contributed by atoms with E-state index in [4.69, 9.17) is 5.73 Å². The number of nitrogens with one attached hydrogen (secondary N) is 1. The van der Waals surface area contributed by atoms with Gasteiger partial charge in [-0.15, -0.1) is 23.7 Å². The van der Waals surface area contributed by atoms with E-state index >= 15 is 0 Å². The van der Waals surface area contributed by atoms with Gasteiger partial charge in [0.2, 0.25) is 0 Å². The predicted octanol–water partition coefficient (Wildman–Crippen LogP) is 3.52. The molecular formula is C15H17ClF2N2O2S. The molecule has 2 rings (SSSR count). The Balaban J connectivity index is 0.00000264. The van der Waals surface area contributed by atoms with E-state index in [1.165, 1.54) is 23.5 Å². The van der Waals surface area contributed by atoms with Gasteiger partial charge in [0.05, 0.1) is 4.88 Å². The number of thiophene rings is 1. The monoisotopic (exact) mass is 362 g/mol. The summed E-state index contributed by atoms with van der Waals surface area (Å²) in [4.78, 5) is 13.4. The average Bonchev–Trinajstić information content (AvgIpc) is 2.97. The molecule has 0 saturated heterocycles. The lowest BCUT2D eigenvalue weighted by Gasteiger charge is -2.09. The van der Waals surface area contributed by atoms with Crippen molar-refractivity contribution in [3.8, 4) is 16.2 Å². The Morgan fingerprint density at radius 1 is 1.26 bits per heavy atom. The van der Waals surface area contributed by atoms with Crippen molar-refractivity contribution in [2.75, 3.05) is 6.54 Å². The van der Waals surface area contributed by atoms with E-state index < -0.39 is 6.61 Å². The third-order valence-electron chi connectivity index (χ3n) is 2.92. The molecule has 0 aliphatic heterocycles. The molecule has 1 heterocycles. The van der Waals surface area contributed by atoms with Crippen molar-refractivity contribution in [3.63, 3.8) is 0 Å². The minimum absolute atomic E-state index is 0. The molecule has 23 heavy (non-hydrogen) atoms. The Kier molecular flexibility index (Phi) is 7.41. The molecule has 0 fully saturated rings. The molecule has 0 spiro atoms. The molecule has 126 valence electrons. The first-order chi connectivity index (χ1) is 10.5. The molecular weight excluding hydrogens is 346 g/mol. The number of hydrogen-bond donors (Lipinski definition) is 2. The highest BCUT2D eigenvalue weighted by Gasteiger charge is 2.12. The SMILES string of the molecule is C[C@@H](CN)NC(=O)c1ccc(-c2ccc(OC(F)F)cc2)s1.Cl. The van der Waals surface area contributed by atoms with Gasteiger partial charge in [0, 0.05) is 17.5 Å². The standard InChI is InChI=1S/C15H16F2N2O2S.ClH/c1-9(8-18)19-14(20)13-7-6-12(22-13)10-2-4-11(5-3-10)21-15(16)17;/h2-7,9,15H,8,18H2,1H3,(H,19,20);1H/t9-;/m0./s1. The molecule has 0 aliphatic carbocycles. The minimum Gasteiger partial charge on any atom is -0.435 e. The molecule has 1 aromatic carbocycles. The highest BCUT2D eigenvalue weighted by atomic mass is 35.5. The fourth-order valence-corrected chi connectivity index (χ4v) is 2.68. The van der Waals surface area contributed by atoms with Crippen LogP contribution in [0, 0.1) is 0 Å². The topological polar surface area (TPSA) is 64.3 Å². The summed E-state index contributed by atoms with van der Waals surface area (Å²) in [6.07, 6.45) is 0. The van der Waals surface area contributed by atoms with E-state index in [9.17, 15) is 13.6 Å². The summed E-state index contributed by atoms with van der Waals surface area (Å²) < 4.78 is 28.5. The second-order valence-electron chi connectivity index (χ2n) is 4.68. The largest absolute Gasteiger partial charge is 0.435 e. The molecule has 0 bridgehead atoms. The van der Waals surface area contributed by atoms with Crippen LogP contribution in [0.1, 0.15) is 16.6 Å². The van der Waals surface area contributed by atoms with Crippen molar-refractivity contribution >= 4 is 29.7 Å². The first-order valence-corrected chi connectivity index (χ1v) is 7.47. The number of ether oxygens (including phenoxy) is 1. The zero-order valence-corrected chi connectivity index (χ0v) is 13.9. The number of nitrogens with two attached hydrogens (primary N) is 1. The molecule has 3 N–H and O–H groups in total. The molecule has 8 heteroatoms. The number of amides is 1. The third kappa shape index (κ3) is 5.46. The molecule has 2 aromatic rings. The quantitative estimate of drug-likeness (QED) is 0.826. The lowest BCUT2D eigenvalue weighted by Crippen LogP contribution is -2.37. The highest BCUT2D eigenvalue weighted by molar-refractivity contribution is 7.17. The molecule has 0 aliphatic rings. The molecule has 1 aromatic heterocycles. The smallest absolute Gasteiger partial charge is 0.387 e. The number of rotatable bonds is 6. The Hall–Kier alpha value is -1.70. The van der Waals surface area contributed by atoms with Gasteiger partial charge >= 0.3 is 6.61 Å². The van der Waals surface area contributed by atoms with E-state index in [1.807, 2.05) is 13.0 Å². The van der Waals surface area contributed by atoms with Crippen molar-refractivity contribution in [1.82, 2.24) is 5.32 Å². The van der Waals surface area contributed by atoms with Crippen molar-refractivity contribution in [2.45, 2.75) is 19.6 Å². The second-order valence-corrected chi connectivity index (χ2v) is 5.76. The maximum atomic E-state index is 12.1. The Morgan fingerprint density at radius 2 is 1.91 bits per heavy atom. The van der Waals surface area contributed by atoms with Crippen molar-refractivity contribution < 1.29 is 18.3 Å². The molecule has 0 unspecified atom stereocenters. The van der Waals surface area contributed by atoms with Gasteiger partial charge in [-0.05, 0) is 48.9 Å². The van der Waals surface area contributed by atoms with Crippen molar-refractivity contribution in [2.24, 2.45) is 5.73 Å². The first kappa shape index (κ1) is 19.3. The van der Waals surface area contributed by atoms with Gasteiger partial charge in [-0.1, -0.05) is 0 Å². The summed E-state index contributed by atoms with van der Waals surface area (Å²) in [6, 6.07) is 9.73. The van der Waals surface area contributed by atoms with Gasteiger partial charge in [-0.3, -0.25) is 4.79 Å². The van der Waals surface area contributed by atoms with E-state index in [0.717, 1.165) is 10.4 Å². The van der Waals surface area contributed by atoms with E-state index in [2.05, 4.69) is 10.1 Å². The molecule has 1 atom stereocenters. The number of alkyl halides is 2. The highest BCUT2D eigenvalue weighted by Crippen LogP contribution is 2.29. The van der Waals surface area contributed by atoms with Crippen LogP contribution >= 0.6 is 23.7 Å². The van der Waals surface area contributed by atoms with Crippen LogP contribution in [0.5, 0.6) is 5.75 Å². The Labute approximate surface area is 143 Å². The molecule has 1 amide bonds. The van der Waals surface area contributed by atoms with Crippen LogP contribution in [0.3, 0.4) is 0 Å². The lowest BCUT2D eigenvalue weighted by molar-refractivity contribution is -0.0498. The van der Waals surface area contributed by atoms with Crippen LogP contribution in [0.2, 0.25) is 0 Å². The molecule has 0 radical (unpaired) electrons. The van der Waals surface area contributed by atoms with Crippen LogP contribution < -0.4 is 15.8 Å². The Bertz CT molecular complexity index is 635. The summed E-state index contributed by atoms with van der Waals surface area (Å²) in [5, 5.41) is 2.78. The lowest BCUT2D eigenvalue weighted by atomic mass is 10.2. The van der Waals surface area contributed by atoms with E-state index in [1.54, 1.807) is 18.2 Å². The van der Waals surface area contributed by atoms with Crippen molar-refractivity contribution in [3.05, 3.63) is 41.3 Å². The van der Waals surface area contributed by atoms with Gasteiger partial charge in [-0.2, -0.15) is 8.78 Å². The number of hydrogen-bond acceptors (Lipinski definition) is 4. The first-order valence-electron chi connectivity index (χ1n) is 6.65. The second kappa shape index (κ2) is 8.81. The fourth-order valence-electron chi connectivity index (χ4n) is 1.77. The van der Waals surface area contributed by atoms with Crippen LogP contribution in [0.25, 0.3) is 10.4 Å². The summed E-state index contributed by atoms with van der Waals surface area (Å²) in [6.45, 7) is -0.642. The van der Waals surface area contributed by atoms with Crippen LogP contribution in [0.15, 0.2) is 36.4 Å². The van der Waals surface area contributed by atoms with Gasteiger partial charge in [0.15, 0.2) is 0 Å². The number of halogens is 3. The van der Waals surface area contributed by atoms with Gasteiger partial charge in [-0.25, -0.2) is 0 Å². The van der Waals surface area contributed by atoms with E-state index in [-0.39, 0.29) is 30.1 Å². The van der Waals surface area contributed by atoms with Gasteiger partial charge < -0.3 is 15.8 Å².